The van der Waals surface area contributed by atoms with E-state index in [0.717, 1.165) is 37.7 Å². The van der Waals surface area contributed by atoms with Gasteiger partial charge in [-0.25, -0.2) is 17.9 Å². The number of hydrogen-bond acceptors (Lipinski definition) is 4. The van der Waals surface area contributed by atoms with Crippen molar-refractivity contribution in [2.24, 2.45) is 0 Å². The molecule has 6 nitrogen and oxygen atoms in total. The molecule has 24 heavy (non-hydrogen) atoms. The summed E-state index contributed by atoms with van der Waals surface area (Å²) in [4.78, 5) is 14.5. The molecule has 7 heteroatoms. The Morgan fingerprint density at radius 2 is 1.92 bits per heavy atom. The van der Waals surface area contributed by atoms with Gasteiger partial charge >= 0.3 is 6.03 Å². The summed E-state index contributed by atoms with van der Waals surface area (Å²) in [5.74, 6) is 0. The molecule has 3 rings (SSSR count). The number of amides is 2. The molecule has 1 spiro atoms. The maximum absolute atomic E-state index is 12.8. The minimum Gasteiger partial charge on any atom is -0.353 e. The lowest BCUT2D eigenvalue weighted by atomic mass is 10.1. The topological polar surface area (TPSA) is 75.7 Å². The number of aryl methyl sites for hydroxylation is 1. The van der Waals surface area contributed by atoms with Crippen LogP contribution in [0.3, 0.4) is 0 Å². The summed E-state index contributed by atoms with van der Waals surface area (Å²) in [6, 6.07) is 5.77. The molecule has 1 unspecified atom stereocenters. The van der Waals surface area contributed by atoms with Crippen molar-refractivity contribution in [1.82, 2.24) is 9.62 Å². The molecule has 1 aliphatic heterocycles. The summed E-state index contributed by atoms with van der Waals surface area (Å²) in [6.07, 6.45) is 4.25. The van der Waals surface area contributed by atoms with Crippen molar-refractivity contribution < 1.29 is 17.9 Å². The Morgan fingerprint density at radius 1 is 1.29 bits per heavy atom. The number of rotatable bonds is 3. The van der Waals surface area contributed by atoms with Crippen molar-refractivity contribution in [3.63, 3.8) is 0 Å². The van der Waals surface area contributed by atoms with Gasteiger partial charge < -0.3 is 4.74 Å². The van der Waals surface area contributed by atoms with Crippen molar-refractivity contribution >= 4 is 16.1 Å². The van der Waals surface area contributed by atoms with Gasteiger partial charge in [0.1, 0.15) is 5.72 Å². The lowest BCUT2D eigenvalue weighted by Crippen LogP contribution is -2.54. The second-order valence-corrected chi connectivity index (χ2v) is 8.30. The van der Waals surface area contributed by atoms with E-state index in [1.807, 2.05) is 13.8 Å². The van der Waals surface area contributed by atoms with E-state index in [2.05, 4.69) is 4.72 Å². The quantitative estimate of drug-likeness (QED) is 0.907. The fourth-order valence-corrected chi connectivity index (χ4v) is 4.57. The summed E-state index contributed by atoms with van der Waals surface area (Å²) in [5.41, 5.74) is 0.331. The van der Waals surface area contributed by atoms with Crippen molar-refractivity contribution in [3.8, 4) is 0 Å². The van der Waals surface area contributed by atoms with Gasteiger partial charge in [0.05, 0.1) is 17.5 Å². The van der Waals surface area contributed by atoms with Gasteiger partial charge in [0.15, 0.2) is 0 Å². The Hall–Kier alpha value is -1.60. The van der Waals surface area contributed by atoms with Crippen LogP contribution in [-0.2, 0) is 14.8 Å². The van der Waals surface area contributed by atoms with Gasteiger partial charge in [-0.05, 0) is 51.2 Å². The molecule has 2 fully saturated rings. The molecule has 1 aromatic carbocycles. The van der Waals surface area contributed by atoms with E-state index < -0.39 is 21.8 Å². The Morgan fingerprint density at radius 3 is 2.50 bits per heavy atom. The van der Waals surface area contributed by atoms with Gasteiger partial charge in [-0.2, -0.15) is 0 Å². The molecule has 0 aromatic heterocycles. The normalized spacial score (nSPS) is 22.9. The molecule has 1 atom stereocenters. The molecule has 1 saturated carbocycles. The highest BCUT2D eigenvalue weighted by atomic mass is 32.2. The van der Waals surface area contributed by atoms with Crippen LogP contribution in [0.15, 0.2) is 29.2 Å². The highest BCUT2D eigenvalue weighted by Gasteiger charge is 2.51. The molecule has 1 heterocycles. The van der Waals surface area contributed by atoms with Crippen molar-refractivity contribution in [3.05, 3.63) is 29.8 Å². The van der Waals surface area contributed by atoms with Crippen LogP contribution in [0.5, 0.6) is 0 Å². The monoisotopic (exact) mass is 352 g/mol. The van der Waals surface area contributed by atoms with Crippen LogP contribution in [0, 0.1) is 6.92 Å². The summed E-state index contributed by atoms with van der Waals surface area (Å²) in [6.45, 7) is 4.33. The van der Waals surface area contributed by atoms with Gasteiger partial charge in [0, 0.05) is 0 Å². The molecule has 0 bridgehead atoms. The average Bonchev–Trinajstić information content (AvgIpc) is 3.15. The summed E-state index contributed by atoms with van der Waals surface area (Å²) < 4.78 is 33.2. The highest BCUT2D eigenvalue weighted by molar-refractivity contribution is 7.90. The van der Waals surface area contributed by atoms with Gasteiger partial charge in [-0.3, -0.25) is 4.90 Å². The number of hydrogen-bond donors (Lipinski definition) is 1. The Bertz CT molecular complexity index is 709. The number of nitrogens with one attached hydrogen (secondary N) is 1. The molecule has 0 radical (unpaired) electrons. The number of benzene rings is 1. The number of ether oxygens (including phenoxy) is 1. The van der Waals surface area contributed by atoms with Crippen LogP contribution in [-0.4, -0.2) is 37.7 Å². The molecule has 1 saturated heterocycles. The zero-order valence-corrected chi connectivity index (χ0v) is 14.9. The number of urea groups is 1. The van der Waals surface area contributed by atoms with Gasteiger partial charge in [-0.1, -0.05) is 24.6 Å². The number of nitrogens with zero attached hydrogens (tertiary/aromatic N) is 1. The van der Waals surface area contributed by atoms with Gasteiger partial charge in [0.2, 0.25) is 0 Å². The predicted octanol–water partition coefficient (Wildman–Crippen LogP) is 2.77. The first kappa shape index (κ1) is 17.2. The summed E-state index contributed by atoms with van der Waals surface area (Å²) >= 11 is 0. The average molecular weight is 352 g/mol. The summed E-state index contributed by atoms with van der Waals surface area (Å²) in [7, 11) is -3.89. The Labute approximate surface area is 143 Å². The van der Waals surface area contributed by atoms with Crippen molar-refractivity contribution in [1.29, 1.82) is 0 Å². The second kappa shape index (κ2) is 6.37. The van der Waals surface area contributed by atoms with E-state index in [0.29, 0.717) is 6.61 Å². The number of carbonyl (C=O) groups is 1. The van der Waals surface area contributed by atoms with E-state index in [1.165, 1.54) is 12.1 Å². The van der Waals surface area contributed by atoms with Crippen molar-refractivity contribution in [2.45, 2.75) is 62.6 Å². The molecule has 132 valence electrons. The van der Waals surface area contributed by atoms with Crippen LogP contribution in [0.4, 0.5) is 4.79 Å². The first-order valence-electron chi connectivity index (χ1n) is 8.45. The minimum atomic E-state index is -3.89. The van der Waals surface area contributed by atoms with Gasteiger partial charge in [0.25, 0.3) is 10.0 Å². The van der Waals surface area contributed by atoms with Crippen LogP contribution >= 0.6 is 0 Å². The standard InChI is InChI=1S/C17H24N2O4S/c1-3-14-12-23-17(10-4-5-11-17)19(14)16(20)18-24(21,22)15-8-6-13(2)7-9-15/h6-9,14H,3-5,10-12H2,1-2H3,(H,18,20). The third-order valence-corrected chi connectivity index (χ3v) is 6.31. The largest absolute Gasteiger partial charge is 0.353 e. The molecule has 1 N–H and O–H groups in total. The van der Waals surface area contributed by atoms with E-state index in [1.54, 1.807) is 17.0 Å². The van der Waals surface area contributed by atoms with Crippen LogP contribution in [0.2, 0.25) is 0 Å². The highest BCUT2D eigenvalue weighted by Crippen LogP contribution is 2.42. The fraction of sp³-hybridized carbons (Fsp3) is 0.588. The lowest BCUT2D eigenvalue weighted by Gasteiger charge is -2.36. The molecule has 1 aromatic rings. The lowest BCUT2D eigenvalue weighted by molar-refractivity contribution is -0.0578. The summed E-state index contributed by atoms with van der Waals surface area (Å²) in [5, 5.41) is 0. The third-order valence-electron chi connectivity index (χ3n) is 4.98. The van der Waals surface area contributed by atoms with E-state index in [-0.39, 0.29) is 10.9 Å². The first-order chi connectivity index (χ1) is 11.4. The van der Waals surface area contributed by atoms with E-state index in [4.69, 9.17) is 4.74 Å². The molecular formula is C17H24N2O4S. The van der Waals surface area contributed by atoms with E-state index in [9.17, 15) is 13.2 Å². The third kappa shape index (κ3) is 3.02. The Balaban J connectivity index is 1.83. The fourth-order valence-electron chi connectivity index (χ4n) is 3.63. The SMILES string of the molecule is CCC1COC2(CCCC2)N1C(=O)NS(=O)(=O)c1ccc(C)cc1. The van der Waals surface area contributed by atoms with Gasteiger partial charge in [-0.15, -0.1) is 0 Å². The first-order valence-corrected chi connectivity index (χ1v) is 9.93. The zero-order chi connectivity index (χ0) is 17.4. The van der Waals surface area contributed by atoms with Crippen molar-refractivity contribution in [2.75, 3.05) is 6.61 Å². The van der Waals surface area contributed by atoms with Crippen LogP contribution < -0.4 is 4.72 Å². The maximum Gasteiger partial charge on any atom is 0.333 e. The molecule has 2 aliphatic rings. The Kier molecular flexibility index (Phi) is 4.57. The minimum absolute atomic E-state index is 0.0867. The molecule has 2 amide bonds. The molecular weight excluding hydrogens is 328 g/mol. The maximum atomic E-state index is 12.8. The zero-order valence-electron chi connectivity index (χ0n) is 14.1. The number of carbonyl (C=O) groups excluding carboxylic acids is 1. The van der Waals surface area contributed by atoms with E-state index >= 15 is 0 Å². The predicted molar refractivity (Wildman–Crippen MR) is 90.0 cm³/mol. The molecule has 1 aliphatic carbocycles. The second-order valence-electron chi connectivity index (χ2n) is 6.62. The number of sulfonamides is 1. The van der Waals surface area contributed by atoms with Crippen LogP contribution in [0.1, 0.15) is 44.6 Å². The van der Waals surface area contributed by atoms with Crippen LogP contribution in [0.25, 0.3) is 0 Å². The smallest absolute Gasteiger partial charge is 0.333 e.